The molecule has 6 atom stereocenters. The molecular formula is C20H32F2O4. The summed E-state index contributed by atoms with van der Waals surface area (Å²) in [5, 5.41) is 28.5. The second-order valence-corrected chi connectivity index (χ2v) is 7.09. The molecule has 0 saturated heterocycles. The Kier molecular flexibility index (Phi) is 10.7. The lowest BCUT2D eigenvalue weighted by Gasteiger charge is -2.19. The average molecular weight is 374 g/mol. The van der Waals surface area contributed by atoms with E-state index < -0.39 is 42.4 Å². The molecule has 1 fully saturated rings. The first-order valence-electron chi connectivity index (χ1n) is 9.56. The number of carbonyl (C=O) groups is 1. The Morgan fingerprint density at radius 1 is 1.31 bits per heavy atom. The van der Waals surface area contributed by atoms with Gasteiger partial charge in [0.2, 0.25) is 0 Å². The maximum absolute atomic E-state index is 14.2. The zero-order chi connectivity index (χ0) is 19.5. The monoisotopic (exact) mass is 374 g/mol. The second-order valence-electron chi connectivity index (χ2n) is 7.09. The Bertz CT molecular complexity index is 467. The molecule has 150 valence electrons. The van der Waals surface area contributed by atoms with Crippen molar-refractivity contribution in [1.29, 1.82) is 0 Å². The highest BCUT2D eigenvalue weighted by Gasteiger charge is 2.40. The van der Waals surface area contributed by atoms with Crippen molar-refractivity contribution in [3.63, 3.8) is 0 Å². The molecule has 1 aliphatic carbocycles. The van der Waals surface area contributed by atoms with Gasteiger partial charge in [0.1, 0.15) is 18.4 Å². The van der Waals surface area contributed by atoms with Gasteiger partial charge in [-0.15, -0.1) is 0 Å². The van der Waals surface area contributed by atoms with Crippen molar-refractivity contribution in [2.24, 2.45) is 11.8 Å². The van der Waals surface area contributed by atoms with Crippen LogP contribution in [0.25, 0.3) is 0 Å². The number of hydrogen-bond donors (Lipinski definition) is 3. The summed E-state index contributed by atoms with van der Waals surface area (Å²) in [6.07, 6.45) is 5.49. The van der Waals surface area contributed by atoms with Crippen molar-refractivity contribution in [1.82, 2.24) is 0 Å². The van der Waals surface area contributed by atoms with Crippen LogP contribution in [-0.2, 0) is 4.79 Å². The van der Waals surface area contributed by atoms with E-state index >= 15 is 0 Å². The van der Waals surface area contributed by atoms with Gasteiger partial charge in [0.15, 0.2) is 0 Å². The summed E-state index contributed by atoms with van der Waals surface area (Å²) in [5.41, 5.74) is 0. The number of aliphatic hydroxyl groups is 2. The number of aliphatic hydroxyl groups excluding tert-OH is 2. The van der Waals surface area contributed by atoms with Crippen molar-refractivity contribution < 1.29 is 28.9 Å². The predicted octanol–water partition coefficient (Wildman–Crippen LogP) is 3.97. The average Bonchev–Trinajstić information content (AvgIpc) is 2.86. The summed E-state index contributed by atoms with van der Waals surface area (Å²) in [4.78, 5) is 10.4. The van der Waals surface area contributed by atoms with Crippen molar-refractivity contribution in [2.45, 2.75) is 82.8 Å². The van der Waals surface area contributed by atoms with Crippen LogP contribution in [0.2, 0.25) is 0 Å². The van der Waals surface area contributed by atoms with Gasteiger partial charge in [-0.2, -0.15) is 0 Å². The molecule has 6 heteroatoms. The Labute approximate surface area is 154 Å². The first-order chi connectivity index (χ1) is 12.4. The normalized spacial score (nSPS) is 28.8. The molecule has 0 aromatic rings. The third kappa shape index (κ3) is 7.96. The molecule has 1 rings (SSSR count). The number of halogens is 2. The molecule has 0 bridgehead atoms. The van der Waals surface area contributed by atoms with Crippen LogP contribution in [0, 0.1) is 11.8 Å². The van der Waals surface area contributed by atoms with Crippen molar-refractivity contribution >= 4 is 5.97 Å². The highest BCUT2D eigenvalue weighted by atomic mass is 19.1. The highest BCUT2D eigenvalue weighted by molar-refractivity contribution is 5.66. The molecule has 0 heterocycles. The van der Waals surface area contributed by atoms with Crippen LogP contribution in [0.5, 0.6) is 0 Å². The first-order valence-corrected chi connectivity index (χ1v) is 9.56. The smallest absolute Gasteiger partial charge is 0.303 e. The van der Waals surface area contributed by atoms with Crippen LogP contribution >= 0.6 is 0 Å². The SMILES string of the molecule is CCCCC(F)[C@H](O)C=C[C@@H]1[C@@H](CC=CCCCC(=O)O)[C@@H](F)C[C@H]1O. The highest BCUT2D eigenvalue weighted by Crippen LogP contribution is 2.38. The van der Waals surface area contributed by atoms with E-state index in [1.165, 1.54) is 6.08 Å². The maximum Gasteiger partial charge on any atom is 0.303 e. The summed E-state index contributed by atoms with van der Waals surface area (Å²) in [5.74, 6) is -1.71. The molecule has 0 aromatic carbocycles. The molecule has 3 N–H and O–H groups in total. The summed E-state index contributed by atoms with van der Waals surface area (Å²) in [7, 11) is 0. The van der Waals surface area contributed by atoms with Crippen LogP contribution in [0.3, 0.4) is 0 Å². The molecule has 0 aliphatic heterocycles. The Hall–Kier alpha value is -1.27. The van der Waals surface area contributed by atoms with Crippen LogP contribution in [0.4, 0.5) is 8.78 Å². The lowest BCUT2D eigenvalue weighted by molar-refractivity contribution is -0.137. The maximum atomic E-state index is 14.2. The van der Waals surface area contributed by atoms with Gasteiger partial charge in [-0.25, -0.2) is 8.78 Å². The van der Waals surface area contributed by atoms with E-state index in [0.29, 0.717) is 25.7 Å². The van der Waals surface area contributed by atoms with E-state index in [0.717, 1.165) is 6.42 Å². The molecule has 1 aliphatic rings. The number of allylic oxidation sites excluding steroid dienone is 2. The number of aliphatic carboxylic acids is 1. The molecular weight excluding hydrogens is 342 g/mol. The van der Waals surface area contributed by atoms with Gasteiger partial charge < -0.3 is 15.3 Å². The molecule has 1 unspecified atom stereocenters. The van der Waals surface area contributed by atoms with Crippen molar-refractivity contribution in [3.05, 3.63) is 24.3 Å². The lowest BCUT2D eigenvalue weighted by Crippen LogP contribution is -2.22. The molecule has 4 nitrogen and oxygen atoms in total. The molecule has 1 saturated carbocycles. The molecule has 0 radical (unpaired) electrons. The predicted molar refractivity (Wildman–Crippen MR) is 97.3 cm³/mol. The Morgan fingerprint density at radius 3 is 2.69 bits per heavy atom. The van der Waals surface area contributed by atoms with Crippen LogP contribution in [0.15, 0.2) is 24.3 Å². The number of carboxylic acid groups (broad SMARTS) is 1. The van der Waals surface area contributed by atoms with Gasteiger partial charge in [0.25, 0.3) is 0 Å². The molecule has 0 aromatic heterocycles. The fraction of sp³-hybridized carbons (Fsp3) is 0.750. The van der Waals surface area contributed by atoms with E-state index in [1.54, 1.807) is 6.08 Å². The van der Waals surface area contributed by atoms with E-state index in [-0.39, 0.29) is 19.3 Å². The summed E-state index contributed by atoms with van der Waals surface area (Å²) >= 11 is 0. The minimum atomic E-state index is -1.35. The quantitative estimate of drug-likeness (QED) is 0.357. The van der Waals surface area contributed by atoms with Gasteiger partial charge in [-0.1, -0.05) is 44.1 Å². The standard InChI is InChI=1S/C20H32F2O4/c1-2-3-9-16(21)18(23)12-11-15-14(17(22)13-19(15)24)8-6-4-5-7-10-20(25)26/h4,6,11-12,14-19,23-24H,2-3,5,7-10,13H2,1H3,(H,25,26)/t14-,15-,16?,17+,18-,19-/m1/s1. The number of unbranched alkanes of at least 4 members (excludes halogenated alkanes) is 2. The fourth-order valence-corrected chi connectivity index (χ4v) is 3.34. The molecule has 26 heavy (non-hydrogen) atoms. The minimum absolute atomic E-state index is 0.0392. The van der Waals surface area contributed by atoms with E-state index in [9.17, 15) is 23.8 Å². The van der Waals surface area contributed by atoms with Crippen LogP contribution in [-0.4, -0.2) is 45.8 Å². The van der Waals surface area contributed by atoms with Gasteiger partial charge in [-0.3, -0.25) is 4.79 Å². The zero-order valence-corrected chi connectivity index (χ0v) is 15.4. The number of hydrogen-bond acceptors (Lipinski definition) is 3. The third-order valence-electron chi connectivity index (χ3n) is 4.94. The van der Waals surface area contributed by atoms with Crippen LogP contribution in [0.1, 0.15) is 58.3 Å². The number of rotatable bonds is 12. The largest absolute Gasteiger partial charge is 0.481 e. The van der Waals surface area contributed by atoms with E-state index in [1.807, 2.05) is 19.1 Å². The van der Waals surface area contributed by atoms with Crippen molar-refractivity contribution in [3.8, 4) is 0 Å². The Morgan fingerprint density at radius 2 is 2.04 bits per heavy atom. The Balaban J connectivity index is 2.54. The van der Waals surface area contributed by atoms with Crippen molar-refractivity contribution in [2.75, 3.05) is 0 Å². The minimum Gasteiger partial charge on any atom is -0.481 e. The lowest BCUT2D eigenvalue weighted by atomic mass is 9.89. The summed E-state index contributed by atoms with van der Waals surface area (Å²) in [6.45, 7) is 1.95. The second kappa shape index (κ2) is 12.2. The van der Waals surface area contributed by atoms with E-state index in [2.05, 4.69) is 0 Å². The van der Waals surface area contributed by atoms with E-state index in [4.69, 9.17) is 5.11 Å². The van der Waals surface area contributed by atoms with Gasteiger partial charge in [0.05, 0.1) is 6.10 Å². The molecule has 0 amide bonds. The number of carboxylic acids is 1. The van der Waals surface area contributed by atoms with Crippen LogP contribution < -0.4 is 0 Å². The summed E-state index contributed by atoms with van der Waals surface area (Å²) < 4.78 is 28.0. The van der Waals surface area contributed by atoms with Gasteiger partial charge >= 0.3 is 5.97 Å². The fourth-order valence-electron chi connectivity index (χ4n) is 3.34. The van der Waals surface area contributed by atoms with Gasteiger partial charge in [-0.05, 0) is 25.7 Å². The summed E-state index contributed by atoms with van der Waals surface area (Å²) in [6, 6.07) is 0. The number of alkyl halides is 2. The van der Waals surface area contributed by atoms with Gasteiger partial charge in [0, 0.05) is 24.7 Å². The zero-order valence-electron chi connectivity index (χ0n) is 15.4. The topological polar surface area (TPSA) is 77.8 Å². The molecule has 0 spiro atoms. The first kappa shape index (κ1) is 22.8. The third-order valence-corrected chi connectivity index (χ3v) is 4.94.